The van der Waals surface area contributed by atoms with Crippen molar-refractivity contribution in [2.45, 2.75) is 37.8 Å². The predicted molar refractivity (Wildman–Crippen MR) is 155 cm³/mol. The molecule has 43 heavy (non-hydrogen) atoms. The molecule has 0 unspecified atom stereocenters. The van der Waals surface area contributed by atoms with E-state index in [-0.39, 0.29) is 45.6 Å². The summed E-state index contributed by atoms with van der Waals surface area (Å²) in [6.07, 6.45) is 7.45. The second-order valence-electron chi connectivity index (χ2n) is 11.3. The summed E-state index contributed by atoms with van der Waals surface area (Å²) < 4.78 is 8.50. The Morgan fingerprint density at radius 3 is 2.07 bits per heavy atom. The van der Waals surface area contributed by atoms with Gasteiger partial charge in [-0.3, -0.25) is 19.7 Å². The quantitative estimate of drug-likeness (QED) is 0.141. The molecule has 14 heteroatoms. The van der Waals surface area contributed by atoms with Crippen molar-refractivity contribution in [1.29, 1.82) is 0 Å². The molecular weight excluding hydrogens is 558 g/mol. The first kappa shape index (κ1) is 26.9. The van der Waals surface area contributed by atoms with Gasteiger partial charge in [0.05, 0.1) is 15.7 Å². The molecule has 0 N–H and O–H groups in total. The summed E-state index contributed by atoms with van der Waals surface area (Å²) in [7, 11) is 1.97. The second-order valence-corrected chi connectivity index (χ2v) is 11.3. The maximum atomic E-state index is 13.6. The number of fused-ring (bicyclic) bond motifs is 2. The summed E-state index contributed by atoms with van der Waals surface area (Å²) in [5, 5.41) is 12.2. The van der Waals surface area contributed by atoms with Crippen molar-refractivity contribution in [1.82, 2.24) is 24.0 Å². The summed E-state index contributed by atoms with van der Waals surface area (Å²) in [6.45, 7) is 2.46. The third-order valence-electron chi connectivity index (χ3n) is 8.26. The monoisotopic (exact) mass is 585 g/mol. The first-order chi connectivity index (χ1) is 20.7. The van der Waals surface area contributed by atoms with E-state index in [0.29, 0.717) is 31.8 Å². The van der Waals surface area contributed by atoms with Crippen molar-refractivity contribution in [2.24, 2.45) is 0 Å². The van der Waals surface area contributed by atoms with Crippen molar-refractivity contribution >= 4 is 45.5 Å². The van der Waals surface area contributed by atoms with Crippen LogP contribution in [0.25, 0.3) is 22.1 Å². The van der Waals surface area contributed by atoms with Gasteiger partial charge in [0.15, 0.2) is 0 Å². The number of rotatable bonds is 6. The van der Waals surface area contributed by atoms with Gasteiger partial charge in [0.2, 0.25) is 16.7 Å². The maximum Gasteiger partial charge on any atom is 0.351 e. The Labute approximate surface area is 243 Å². The number of anilines is 1. The zero-order chi connectivity index (χ0) is 30.0. The Bertz CT molecular complexity index is 1970. The van der Waals surface area contributed by atoms with Gasteiger partial charge in [0, 0.05) is 62.9 Å². The molecule has 14 nitrogen and oxygen atoms in total. The average molecular weight is 586 g/mol. The van der Waals surface area contributed by atoms with E-state index in [4.69, 9.17) is 4.74 Å². The van der Waals surface area contributed by atoms with Crippen LogP contribution < -0.4 is 15.8 Å². The van der Waals surface area contributed by atoms with Crippen LogP contribution in [0.5, 0.6) is 0 Å². The molecule has 3 aliphatic rings. The van der Waals surface area contributed by atoms with E-state index in [1.54, 1.807) is 27.5 Å². The number of pyridine rings is 4. The van der Waals surface area contributed by atoms with Gasteiger partial charge in [-0.25, -0.2) is 19.6 Å². The van der Waals surface area contributed by atoms with E-state index < -0.39 is 33.3 Å². The Balaban J connectivity index is 1.29. The highest BCUT2D eigenvalue weighted by molar-refractivity contribution is 6.04. The van der Waals surface area contributed by atoms with E-state index in [2.05, 4.69) is 14.9 Å². The molecule has 4 aromatic rings. The fourth-order valence-corrected chi connectivity index (χ4v) is 5.57. The maximum absolute atomic E-state index is 13.6. The molecule has 0 bridgehead atoms. The molecule has 7 rings (SSSR count). The standard InChI is InChI=1S/C29H27N7O7/c1-32-9-11-33(12-10-32)27-22(36(41)42)13-19-24(38)21(15-35(17-6-7-17)26(19)31-27)29(40)43-28(39)20-14-34(16-4-5-16)25-18(23(20)37)3-2-8-30-25/h2-3,8,13-17H,4-7,9-12H2,1H3. The van der Waals surface area contributed by atoms with Gasteiger partial charge in [0.25, 0.3) is 0 Å². The molecule has 220 valence electrons. The zero-order valence-electron chi connectivity index (χ0n) is 23.3. The molecule has 2 aliphatic carbocycles. The van der Waals surface area contributed by atoms with Crippen LogP contribution in [0.1, 0.15) is 58.5 Å². The normalized spacial score (nSPS) is 17.4. The van der Waals surface area contributed by atoms with Gasteiger partial charge in [-0.2, -0.15) is 0 Å². The number of likely N-dealkylation sites (N-methyl/N-ethyl adjacent to an activating group) is 1. The zero-order valence-corrected chi connectivity index (χ0v) is 23.3. The van der Waals surface area contributed by atoms with Gasteiger partial charge in [-0.05, 0) is 44.9 Å². The average Bonchev–Trinajstić information content (AvgIpc) is 3.92. The first-order valence-corrected chi connectivity index (χ1v) is 14.2. The fraction of sp³-hybridized carbons (Fsp3) is 0.379. The molecule has 1 aliphatic heterocycles. The van der Waals surface area contributed by atoms with Crippen LogP contribution in [0, 0.1) is 10.1 Å². The molecule has 2 saturated carbocycles. The second kappa shape index (κ2) is 10.1. The highest BCUT2D eigenvalue weighted by Gasteiger charge is 2.33. The molecule has 1 saturated heterocycles. The number of carbonyl (C=O) groups is 2. The Kier molecular flexibility index (Phi) is 6.31. The summed E-state index contributed by atoms with van der Waals surface area (Å²) >= 11 is 0. The van der Waals surface area contributed by atoms with E-state index in [1.807, 2.05) is 11.9 Å². The SMILES string of the molecule is CN1CCN(c2nc3c(cc2[N+](=O)[O-])c(=O)c(C(=O)OC(=O)c2cn(C4CC4)c4ncccc4c2=O)cn3C2CC2)CC1. The van der Waals surface area contributed by atoms with Crippen molar-refractivity contribution in [3.05, 3.63) is 78.5 Å². The van der Waals surface area contributed by atoms with Crippen LogP contribution in [0.3, 0.4) is 0 Å². The predicted octanol–water partition coefficient (Wildman–Crippen LogP) is 2.43. The molecule has 5 heterocycles. The van der Waals surface area contributed by atoms with Gasteiger partial charge in [0.1, 0.15) is 22.4 Å². The van der Waals surface area contributed by atoms with Gasteiger partial charge in [-0.15, -0.1) is 0 Å². The lowest BCUT2D eigenvalue weighted by atomic mass is 10.1. The van der Waals surface area contributed by atoms with Crippen LogP contribution in [0.2, 0.25) is 0 Å². The van der Waals surface area contributed by atoms with Gasteiger partial charge in [-0.1, -0.05) is 0 Å². The lowest BCUT2D eigenvalue weighted by Gasteiger charge is -2.33. The van der Waals surface area contributed by atoms with E-state index in [9.17, 15) is 29.3 Å². The molecule has 0 aromatic carbocycles. The Morgan fingerprint density at radius 2 is 1.49 bits per heavy atom. The van der Waals surface area contributed by atoms with Crippen molar-refractivity contribution in [2.75, 3.05) is 38.1 Å². The minimum atomic E-state index is -1.25. The minimum Gasteiger partial charge on any atom is -0.385 e. The van der Waals surface area contributed by atoms with Crippen LogP contribution in [-0.4, -0.2) is 74.1 Å². The number of hydrogen-bond acceptors (Lipinski definition) is 11. The molecule has 4 aromatic heterocycles. The molecule has 0 spiro atoms. The number of piperazine rings is 1. The third kappa shape index (κ3) is 4.73. The number of ether oxygens (including phenoxy) is 1. The minimum absolute atomic E-state index is 0.0709. The number of hydrogen-bond donors (Lipinski definition) is 0. The smallest absolute Gasteiger partial charge is 0.351 e. The number of nitrogens with zero attached hydrogens (tertiary/aromatic N) is 7. The van der Waals surface area contributed by atoms with Crippen molar-refractivity contribution < 1.29 is 19.2 Å². The van der Waals surface area contributed by atoms with Gasteiger partial charge >= 0.3 is 17.6 Å². The van der Waals surface area contributed by atoms with Crippen LogP contribution in [-0.2, 0) is 4.74 Å². The largest absolute Gasteiger partial charge is 0.385 e. The lowest BCUT2D eigenvalue weighted by Crippen LogP contribution is -2.45. The highest BCUT2D eigenvalue weighted by atomic mass is 16.6. The topological polar surface area (TPSA) is 163 Å². The van der Waals surface area contributed by atoms with Crippen molar-refractivity contribution in [3.63, 3.8) is 0 Å². The van der Waals surface area contributed by atoms with E-state index in [1.165, 1.54) is 12.4 Å². The number of aromatic nitrogens is 4. The number of esters is 2. The van der Waals surface area contributed by atoms with Crippen LogP contribution >= 0.6 is 0 Å². The number of nitro groups is 1. The molecule has 0 atom stereocenters. The van der Waals surface area contributed by atoms with Crippen LogP contribution in [0.15, 0.2) is 46.4 Å². The molecule has 0 radical (unpaired) electrons. The first-order valence-electron chi connectivity index (χ1n) is 14.2. The lowest BCUT2D eigenvalue weighted by molar-refractivity contribution is -0.384. The summed E-state index contributed by atoms with van der Waals surface area (Å²) in [5.41, 5.74) is -1.98. The van der Waals surface area contributed by atoms with E-state index in [0.717, 1.165) is 31.7 Å². The molecular formula is C29H27N7O7. The summed E-state index contributed by atoms with van der Waals surface area (Å²) in [6, 6.07) is 4.29. The van der Waals surface area contributed by atoms with E-state index >= 15 is 0 Å². The molecule has 0 amide bonds. The van der Waals surface area contributed by atoms with Crippen molar-refractivity contribution in [3.8, 4) is 0 Å². The summed E-state index contributed by atoms with van der Waals surface area (Å²) in [5.74, 6) is -2.27. The summed E-state index contributed by atoms with van der Waals surface area (Å²) in [4.78, 5) is 77.6. The Hall–Kier alpha value is -4.98. The number of carbonyl (C=O) groups excluding carboxylic acids is 2. The van der Waals surface area contributed by atoms with Gasteiger partial charge < -0.3 is 23.7 Å². The van der Waals surface area contributed by atoms with Crippen LogP contribution in [0.4, 0.5) is 11.5 Å². The Morgan fingerprint density at radius 1 is 0.907 bits per heavy atom. The highest BCUT2D eigenvalue weighted by Crippen LogP contribution is 2.39. The third-order valence-corrected chi connectivity index (χ3v) is 8.26. The molecule has 3 fully saturated rings. The fourth-order valence-electron chi connectivity index (χ4n) is 5.57.